The lowest BCUT2D eigenvalue weighted by molar-refractivity contribution is -0.119. The summed E-state index contributed by atoms with van der Waals surface area (Å²) in [6.45, 7) is 2.85. The van der Waals surface area contributed by atoms with Crippen molar-refractivity contribution in [3.8, 4) is 0 Å². The van der Waals surface area contributed by atoms with E-state index in [0.717, 1.165) is 29.1 Å². The predicted molar refractivity (Wildman–Crippen MR) is 97.2 cm³/mol. The molecule has 2 aromatic carbocycles. The van der Waals surface area contributed by atoms with Crippen LogP contribution in [0.5, 0.6) is 0 Å². The minimum absolute atomic E-state index is 0.0229. The van der Waals surface area contributed by atoms with E-state index in [1.807, 2.05) is 42.5 Å². The lowest BCUT2D eigenvalue weighted by atomic mass is 10.1. The summed E-state index contributed by atoms with van der Waals surface area (Å²) in [5.41, 5.74) is 3.24. The third kappa shape index (κ3) is 3.97. The van der Waals surface area contributed by atoms with E-state index in [1.165, 1.54) is 17.3 Å². The third-order valence-electron chi connectivity index (χ3n) is 4.02. The van der Waals surface area contributed by atoms with Crippen LogP contribution in [0.3, 0.4) is 0 Å². The van der Waals surface area contributed by atoms with Gasteiger partial charge in [0.25, 0.3) is 0 Å². The van der Waals surface area contributed by atoms with E-state index in [-0.39, 0.29) is 11.8 Å². The minimum atomic E-state index is 0.0229. The van der Waals surface area contributed by atoms with Crippen molar-refractivity contribution in [3.05, 3.63) is 59.7 Å². The number of fused-ring (bicyclic) bond motifs is 1. The van der Waals surface area contributed by atoms with Gasteiger partial charge in [-0.05, 0) is 35.7 Å². The summed E-state index contributed by atoms with van der Waals surface area (Å²) in [5, 5.41) is 2.95. The molecule has 0 atom stereocenters. The predicted octanol–water partition coefficient (Wildman–Crippen LogP) is 3.00. The molecule has 0 fully saturated rings. The fraction of sp³-hybridized carbons (Fsp3) is 0.263. The summed E-state index contributed by atoms with van der Waals surface area (Å²) in [7, 11) is 0. The molecule has 2 amide bonds. The van der Waals surface area contributed by atoms with Crippen LogP contribution in [-0.4, -0.2) is 24.1 Å². The Morgan fingerprint density at radius 1 is 1.17 bits per heavy atom. The monoisotopic (exact) mass is 340 g/mol. The molecule has 0 bridgehead atoms. The Morgan fingerprint density at radius 2 is 1.96 bits per heavy atom. The molecular formula is C19H20N2O2S. The number of anilines is 1. The Labute approximate surface area is 146 Å². The van der Waals surface area contributed by atoms with Gasteiger partial charge in [-0.25, -0.2) is 0 Å². The number of carbonyl (C=O) groups excluding carboxylic acids is 2. The van der Waals surface area contributed by atoms with Crippen molar-refractivity contribution in [2.24, 2.45) is 0 Å². The minimum Gasteiger partial charge on any atom is -0.351 e. The summed E-state index contributed by atoms with van der Waals surface area (Å²) in [4.78, 5) is 26.4. The fourth-order valence-electron chi connectivity index (χ4n) is 2.81. The van der Waals surface area contributed by atoms with Gasteiger partial charge >= 0.3 is 0 Å². The summed E-state index contributed by atoms with van der Waals surface area (Å²) < 4.78 is 0. The van der Waals surface area contributed by atoms with Crippen LogP contribution >= 0.6 is 11.8 Å². The van der Waals surface area contributed by atoms with Crippen LogP contribution in [0.25, 0.3) is 0 Å². The number of carbonyl (C=O) groups is 2. The molecule has 0 unspecified atom stereocenters. The number of nitrogens with one attached hydrogen (secondary N) is 1. The molecule has 0 aromatic heterocycles. The van der Waals surface area contributed by atoms with Gasteiger partial charge in [0.05, 0.1) is 5.75 Å². The van der Waals surface area contributed by atoms with Crippen molar-refractivity contribution in [1.82, 2.24) is 5.32 Å². The molecule has 124 valence electrons. The fourth-order valence-corrected chi connectivity index (χ4v) is 3.56. The zero-order chi connectivity index (χ0) is 16.9. The standard InChI is InChI=1S/C19H20N2O2S/c1-14(22)21-10-9-16-11-15(7-8-18(16)21)12-20-19(23)13-24-17-5-3-2-4-6-17/h2-8,11H,9-10,12-13H2,1H3,(H,20,23). The Morgan fingerprint density at radius 3 is 2.71 bits per heavy atom. The van der Waals surface area contributed by atoms with Gasteiger partial charge in [-0.15, -0.1) is 11.8 Å². The molecule has 1 aliphatic rings. The van der Waals surface area contributed by atoms with Gasteiger partial charge < -0.3 is 10.2 Å². The molecule has 1 heterocycles. The summed E-state index contributed by atoms with van der Waals surface area (Å²) >= 11 is 1.53. The van der Waals surface area contributed by atoms with E-state index < -0.39 is 0 Å². The van der Waals surface area contributed by atoms with Crippen LogP contribution in [0.2, 0.25) is 0 Å². The first-order valence-electron chi connectivity index (χ1n) is 7.98. The highest BCUT2D eigenvalue weighted by Gasteiger charge is 2.21. The quantitative estimate of drug-likeness (QED) is 0.851. The second-order valence-electron chi connectivity index (χ2n) is 5.76. The van der Waals surface area contributed by atoms with Crippen LogP contribution < -0.4 is 10.2 Å². The highest BCUT2D eigenvalue weighted by molar-refractivity contribution is 8.00. The Balaban J connectivity index is 1.52. The first-order chi connectivity index (χ1) is 11.6. The molecule has 24 heavy (non-hydrogen) atoms. The van der Waals surface area contributed by atoms with Crippen LogP contribution in [0.1, 0.15) is 18.1 Å². The smallest absolute Gasteiger partial charge is 0.230 e. The molecule has 4 nitrogen and oxygen atoms in total. The average molecular weight is 340 g/mol. The number of hydrogen-bond acceptors (Lipinski definition) is 3. The van der Waals surface area contributed by atoms with E-state index in [1.54, 1.807) is 11.8 Å². The average Bonchev–Trinajstić information content (AvgIpc) is 3.02. The van der Waals surface area contributed by atoms with E-state index in [4.69, 9.17) is 0 Å². The van der Waals surface area contributed by atoms with Gasteiger partial charge in [0.1, 0.15) is 0 Å². The number of benzene rings is 2. The second kappa shape index (κ2) is 7.53. The third-order valence-corrected chi connectivity index (χ3v) is 5.03. The SMILES string of the molecule is CC(=O)N1CCc2cc(CNC(=O)CSc3ccccc3)ccc21. The van der Waals surface area contributed by atoms with Gasteiger partial charge in [-0.3, -0.25) is 9.59 Å². The van der Waals surface area contributed by atoms with Crippen molar-refractivity contribution in [1.29, 1.82) is 0 Å². The maximum Gasteiger partial charge on any atom is 0.230 e. The number of hydrogen-bond donors (Lipinski definition) is 1. The van der Waals surface area contributed by atoms with Gasteiger partial charge in [0.2, 0.25) is 11.8 Å². The molecular weight excluding hydrogens is 320 g/mol. The summed E-state index contributed by atoms with van der Waals surface area (Å²) in [6, 6.07) is 15.9. The zero-order valence-corrected chi connectivity index (χ0v) is 14.4. The van der Waals surface area contributed by atoms with E-state index in [2.05, 4.69) is 11.4 Å². The Hall–Kier alpha value is -2.27. The van der Waals surface area contributed by atoms with E-state index >= 15 is 0 Å². The molecule has 2 aromatic rings. The van der Waals surface area contributed by atoms with Gasteiger partial charge in [0.15, 0.2) is 0 Å². The van der Waals surface area contributed by atoms with Crippen LogP contribution in [0.15, 0.2) is 53.4 Å². The molecule has 0 saturated carbocycles. The number of thioether (sulfide) groups is 1. The van der Waals surface area contributed by atoms with E-state index in [0.29, 0.717) is 12.3 Å². The maximum atomic E-state index is 12.0. The van der Waals surface area contributed by atoms with Crippen LogP contribution in [0.4, 0.5) is 5.69 Å². The largest absolute Gasteiger partial charge is 0.351 e. The maximum absolute atomic E-state index is 12.0. The Bertz CT molecular complexity index is 746. The number of nitrogens with zero attached hydrogens (tertiary/aromatic N) is 1. The highest BCUT2D eigenvalue weighted by atomic mass is 32.2. The van der Waals surface area contributed by atoms with Gasteiger partial charge in [0, 0.05) is 30.6 Å². The van der Waals surface area contributed by atoms with Crippen molar-refractivity contribution >= 4 is 29.3 Å². The first kappa shape index (κ1) is 16.6. The molecule has 0 radical (unpaired) electrons. The zero-order valence-electron chi connectivity index (χ0n) is 13.6. The van der Waals surface area contributed by atoms with Crippen LogP contribution in [0, 0.1) is 0 Å². The Kier molecular flexibility index (Phi) is 5.20. The molecule has 5 heteroatoms. The number of rotatable bonds is 5. The molecule has 0 spiro atoms. The molecule has 0 aliphatic carbocycles. The van der Waals surface area contributed by atoms with Gasteiger partial charge in [-0.1, -0.05) is 30.3 Å². The lowest BCUT2D eigenvalue weighted by Crippen LogP contribution is -2.26. The van der Waals surface area contributed by atoms with Crippen molar-refractivity contribution in [3.63, 3.8) is 0 Å². The van der Waals surface area contributed by atoms with Crippen LogP contribution in [-0.2, 0) is 22.6 Å². The highest BCUT2D eigenvalue weighted by Crippen LogP contribution is 2.28. The van der Waals surface area contributed by atoms with Crippen molar-refractivity contribution < 1.29 is 9.59 Å². The molecule has 1 N–H and O–H groups in total. The summed E-state index contributed by atoms with van der Waals surface area (Å²) in [5.74, 6) is 0.509. The molecule has 0 saturated heterocycles. The molecule has 1 aliphatic heterocycles. The van der Waals surface area contributed by atoms with E-state index in [9.17, 15) is 9.59 Å². The second-order valence-corrected chi connectivity index (χ2v) is 6.81. The lowest BCUT2D eigenvalue weighted by Gasteiger charge is -2.15. The normalized spacial score (nSPS) is 12.8. The first-order valence-corrected chi connectivity index (χ1v) is 8.96. The van der Waals surface area contributed by atoms with Crippen molar-refractivity contribution in [2.45, 2.75) is 24.8 Å². The molecule has 3 rings (SSSR count). The number of amides is 2. The van der Waals surface area contributed by atoms with Gasteiger partial charge in [-0.2, -0.15) is 0 Å². The summed E-state index contributed by atoms with van der Waals surface area (Å²) in [6.07, 6.45) is 0.876. The topological polar surface area (TPSA) is 49.4 Å². The van der Waals surface area contributed by atoms with Crippen molar-refractivity contribution in [2.75, 3.05) is 17.2 Å².